The van der Waals surface area contributed by atoms with E-state index in [0.29, 0.717) is 17.1 Å². The van der Waals surface area contributed by atoms with Gasteiger partial charge >= 0.3 is 5.97 Å². The zero-order valence-electron chi connectivity index (χ0n) is 16.0. The number of carboxylic acids is 1. The van der Waals surface area contributed by atoms with Gasteiger partial charge in [-0.1, -0.05) is 0 Å². The van der Waals surface area contributed by atoms with Gasteiger partial charge in [-0.05, 0) is 56.3 Å². The summed E-state index contributed by atoms with van der Waals surface area (Å²) in [5.41, 5.74) is 0.779. The maximum Gasteiger partial charge on any atom is 0.335 e. The molecule has 0 aliphatic rings. The fourth-order valence-electron chi connectivity index (χ4n) is 2.48. The monoisotopic (exact) mass is 385 g/mol. The molecule has 2 rings (SSSR count). The first-order valence-electron chi connectivity index (χ1n) is 8.81. The summed E-state index contributed by atoms with van der Waals surface area (Å²) in [6.07, 6.45) is -0.163. The lowest BCUT2D eigenvalue weighted by Gasteiger charge is -2.15. The second kappa shape index (κ2) is 9.55. The van der Waals surface area contributed by atoms with Crippen LogP contribution >= 0.6 is 0 Å². The number of benzene rings is 2. The highest BCUT2D eigenvalue weighted by Crippen LogP contribution is 2.27. The first kappa shape index (κ1) is 21.0. The topological polar surface area (TPSA) is 102 Å². The third kappa shape index (κ3) is 5.84. The van der Waals surface area contributed by atoms with Crippen LogP contribution < -0.4 is 14.8 Å². The number of Topliss-reactive ketones (excluding diaryl/α,β-unsaturated/α-hetero) is 1. The van der Waals surface area contributed by atoms with Gasteiger partial charge in [0.15, 0.2) is 5.78 Å². The van der Waals surface area contributed by atoms with Gasteiger partial charge in [-0.3, -0.25) is 9.59 Å². The Morgan fingerprint density at radius 2 is 1.64 bits per heavy atom. The van der Waals surface area contributed by atoms with Gasteiger partial charge in [0.2, 0.25) is 5.91 Å². The number of carbonyl (C=O) groups excluding carboxylic acids is 2. The highest BCUT2D eigenvalue weighted by atomic mass is 16.5. The number of hydrogen-bond acceptors (Lipinski definition) is 5. The van der Waals surface area contributed by atoms with Crippen LogP contribution in [0.15, 0.2) is 42.5 Å². The number of hydrogen-bond donors (Lipinski definition) is 2. The van der Waals surface area contributed by atoms with E-state index in [1.807, 2.05) is 13.8 Å². The fraction of sp³-hybridized carbons (Fsp3) is 0.286. The predicted molar refractivity (Wildman–Crippen MR) is 104 cm³/mol. The molecule has 0 heterocycles. The molecule has 0 unspecified atom stereocenters. The van der Waals surface area contributed by atoms with Crippen molar-refractivity contribution in [1.82, 2.24) is 0 Å². The Bertz CT molecular complexity index is 858. The van der Waals surface area contributed by atoms with Gasteiger partial charge in [0.1, 0.15) is 11.5 Å². The summed E-state index contributed by atoms with van der Waals surface area (Å²) in [6, 6.07) is 10.9. The minimum absolute atomic E-state index is 0.0250. The Kier molecular flexibility index (Phi) is 7.14. The van der Waals surface area contributed by atoms with Gasteiger partial charge in [-0.25, -0.2) is 4.79 Å². The molecule has 0 aliphatic carbocycles. The van der Waals surface area contributed by atoms with Crippen LogP contribution in [0.1, 0.15) is 47.4 Å². The van der Waals surface area contributed by atoms with Crippen molar-refractivity contribution >= 4 is 23.3 Å². The number of methoxy groups -OCH3 is 1. The zero-order chi connectivity index (χ0) is 20.7. The molecule has 0 radical (unpaired) electrons. The Labute approximate surface area is 163 Å². The van der Waals surface area contributed by atoms with E-state index in [2.05, 4.69) is 5.32 Å². The van der Waals surface area contributed by atoms with E-state index in [9.17, 15) is 14.4 Å². The third-order valence-corrected chi connectivity index (χ3v) is 3.85. The molecule has 0 spiro atoms. The molecule has 2 aromatic carbocycles. The van der Waals surface area contributed by atoms with Crippen LogP contribution in [0.2, 0.25) is 0 Å². The minimum atomic E-state index is -1.11. The fourth-order valence-corrected chi connectivity index (χ4v) is 2.48. The number of ketones is 1. The van der Waals surface area contributed by atoms with Crippen LogP contribution in [0.4, 0.5) is 5.69 Å². The number of carbonyl (C=O) groups is 3. The number of carboxylic acid groups (broad SMARTS) is 1. The Balaban J connectivity index is 2.03. The molecule has 2 N–H and O–H groups in total. The normalized spacial score (nSPS) is 10.4. The van der Waals surface area contributed by atoms with Crippen molar-refractivity contribution in [1.29, 1.82) is 0 Å². The van der Waals surface area contributed by atoms with Gasteiger partial charge in [-0.15, -0.1) is 0 Å². The van der Waals surface area contributed by atoms with E-state index < -0.39 is 11.9 Å². The molecular weight excluding hydrogens is 362 g/mol. The molecule has 0 bridgehead atoms. The lowest BCUT2D eigenvalue weighted by atomic mass is 10.1. The van der Waals surface area contributed by atoms with E-state index in [4.69, 9.17) is 14.6 Å². The lowest BCUT2D eigenvalue weighted by molar-refractivity contribution is -0.116. The first-order chi connectivity index (χ1) is 13.3. The Morgan fingerprint density at radius 1 is 1.00 bits per heavy atom. The molecule has 2 aromatic rings. The maximum atomic E-state index is 12.3. The van der Waals surface area contributed by atoms with Crippen LogP contribution in [-0.4, -0.2) is 36.0 Å². The van der Waals surface area contributed by atoms with Crippen LogP contribution in [-0.2, 0) is 4.79 Å². The van der Waals surface area contributed by atoms with Crippen molar-refractivity contribution in [3.63, 3.8) is 0 Å². The molecule has 0 fully saturated rings. The summed E-state index contributed by atoms with van der Waals surface area (Å²) >= 11 is 0. The highest BCUT2D eigenvalue weighted by molar-refractivity contribution is 6.01. The van der Waals surface area contributed by atoms with Crippen LogP contribution in [0.25, 0.3) is 0 Å². The second-order valence-corrected chi connectivity index (χ2v) is 6.38. The molecule has 0 saturated carbocycles. The highest BCUT2D eigenvalue weighted by Gasteiger charge is 2.15. The second-order valence-electron chi connectivity index (χ2n) is 6.38. The molecule has 0 atom stereocenters. The Hall–Kier alpha value is -3.35. The van der Waals surface area contributed by atoms with Crippen LogP contribution in [0.3, 0.4) is 0 Å². The molecule has 7 nitrogen and oxygen atoms in total. The molecule has 1 amide bonds. The van der Waals surface area contributed by atoms with Gasteiger partial charge in [-0.2, -0.15) is 0 Å². The number of anilines is 1. The summed E-state index contributed by atoms with van der Waals surface area (Å²) in [4.78, 5) is 35.7. The van der Waals surface area contributed by atoms with E-state index in [0.717, 1.165) is 0 Å². The first-order valence-corrected chi connectivity index (χ1v) is 8.81. The van der Waals surface area contributed by atoms with Gasteiger partial charge in [0, 0.05) is 18.4 Å². The summed E-state index contributed by atoms with van der Waals surface area (Å²) in [5, 5.41) is 11.8. The van der Waals surface area contributed by atoms with Crippen molar-refractivity contribution in [2.45, 2.75) is 32.8 Å². The molecule has 148 valence electrons. The molecular formula is C21H23NO6. The van der Waals surface area contributed by atoms with Crippen LogP contribution in [0, 0.1) is 0 Å². The smallest absolute Gasteiger partial charge is 0.335 e. The van der Waals surface area contributed by atoms with Crippen molar-refractivity contribution in [3.8, 4) is 11.5 Å². The molecule has 0 aromatic heterocycles. The lowest BCUT2D eigenvalue weighted by Crippen LogP contribution is -2.16. The summed E-state index contributed by atoms with van der Waals surface area (Å²) in [6.45, 7) is 3.65. The van der Waals surface area contributed by atoms with E-state index >= 15 is 0 Å². The third-order valence-electron chi connectivity index (χ3n) is 3.85. The van der Waals surface area contributed by atoms with E-state index in [-0.39, 0.29) is 36.0 Å². The summed E-state index contributed by atoms with van der Waals surface area (Å²) in [5.74, 6) is -0.671. The van der Waals surface area contributed by atoms with Gasteiger partial charge in [0.05, 0.1) is 24.5 Å². The molecule has 28 heavy (non-hydrogen) atoms. The SMILES string of the molecule is COc1ccc(C(=O)CCC(=O)Nc2cc(C(=O)O)ccc2OC(C)C)cc1. The van der Waals surface area contributed by atoms with Gasteiger partial charge in [0.25, 0.3) is 0 Å². The summed E-state index contributed by atoms with van der Waals surface area (Å²) in [7, 11) is 1.54. The molecule has 7 heteroatoms. The predicted octanol–water partition coefficient (Wildman–Crippen LogP) is 3.78. The van der Waals surface area contributed by atoms with Crippen molar-refractivity contribution in [3.05, 3.63) is 53.6 Å². The number of aromatic carboxylic acids is 1. The maximum absolute atomic E-state index is 12.3. The van der Waals surface area contributed by atoms with E-state index in [1.54, 1.807) is 24.3 Å². The number of rotatable bonds is 9. The average molecular weight is 385 g/mol. The van der Waals surface area contributed by atoms with Crippen molar-refractivity contribution < 1.29 is 29.0 Å². The van der Waals surface area contributed by atoms with Gasteiger partial charge < -0.3 is 19.9 Å². The summed E-state index contributed by atoms with van der Waals surface area (Å²) < 4.78 is 10.7. The van der Waals surface area contributed by atoms with Crippen LogP contribution in [0.5, 0.6) is 11.5 Å². The average Bonchev–Trinajstić information content (AvgIpc) is 2.67. The van der Waals surface area contributed by atoms with Crippen molar-refractivity contribution in [2.75, 3.05) is 12.4 Å². The number of amides is 1. The number of ether oxygens (including phenoxy) is 2. The standard InChI is InChI=1S/C21H23NO6/c1-13(2)28-19-10-6-15(21(25)26)12-17(19)22-20(24)11-9-18(23)14-4-7-16(27-3)8-5-14/h4-8,10,12-13H,9,11H2,1-3H3,(H,22,24)(H,25,26). The minimum Gasteiger partial charge on any atom is -0.497 e. The molecule has 0 aliphatic heterocycles. The zero-order valence-corrected chi connectivity index (χ0v) is 16.0. The molecule has 0 saturated heterocycles. The number of nitrogens with one attached hydrogen (secondary N) is 1. The largest absolute Gasteiger partial charge is 0.497 e. The van der Waals surface area contributed by atoms with Crippen molar-refractivity contribution in [2.24, 2.45) is 0 Å². The van der Waals surface area contributed by atoms with E-state index in [1.165, 1.54) is 25.3 Å². The quantitative estimate of drug-likeness (QED) is 0.637. The Morgan fingerprint density at radius 3 is 2.21 bits per heavy atom.